The van der Waals surface area contributed by atoms with Crippen LogP contribution < -0.4 is 5.32 Å². The van der Waals surface area contributed by atoms with Crippen LogP contribution in [0.2, 0.25) is 0 Å². The van der Waals surface area contributed by atoms with Gasteiger partial charge in [0.1, 0.15) is 0 Å². The maximum atomic E-state index is 11.5. The molecule has 106 valence electrons. The number of carbonyl (C=O) groups excluding carboxylic acids is 1. The molecule has 2 rings (SSSR count). The van der Waals surface area contributed by atoms with E-state index in [2.05, 4.69) is 29.4 Å². The second-order valence-corrected chi connectivity index (χ2v) is 5.09. The number of nitrogens with one attached hydrogen (secondary N) is 1. The summed E-state index contributed by atoms with van der Waals surface area (Å²) in [6.07, 6.45) is 1.00. The predicted molar refractivity (Wildman–Crippen MR) is 81.2 cm³/mol. The summed E-state index contributed by atoms with van der Waals surface area (Å²) in [7, 11) is 0. The number of hydrogen-bond acceptors (Lipinski definition) is 5. The Hall–Kier alpha value is -1.88. The second-order valence-electron chi connectivity index (χ2n) is 4.23. The van der Waals surface area contributed by atoms with Crippen molar-refractivity contribution in [2.75, 3.05) is 11.9 Å². The van der Waals surface area contributed by atoms with Crippen LogP contribution in [-0.2, 0) is 17.7 Å². The molecular weight excluding hydrogens is 272 g/mol. The van der Waals surface area contributed by atoms with Crippen molar-refractivity contribution >= 4 is 22.4 Å². The molecule has 0 aliphatic carbocycles. The van der Waals surface area contributed by atoms with Crippen molar-refractivity contribution in [2.45, 2.75) is 26.8 Å². The highest BCUT2D eigenvalue weighted by Crippen LogP contribution is 2.18. The highest BCUT2D eigenvalue weighted by Gasteiger charge is 2.11. The molecule has 5 heteroatoms. The molecule has 0 bridgehead atoms. The minimum Gasteiger partial charge on any atom is -0.461 e. The monoisotopic (exact) mass is 290 g/mol. The molecule has 1 aromatic carbocycles. The number of aryl methyl sites for hydroxylation is 1. The smallest absolute Gasteiger partial charge is 0.357 e. The Labute approximate surface area is 122 Å². The van der Waals surface area contributed by atoms with Gasteiger partial charge in [0.15, 0.2) is 10.8 Å². The zero-order valence-electron chi connectivity index (χ0n) is 11.7. The molecule has 1 N–H and O–H groups in total. The summed E-state index contributed by atoms with van der Waals surface area (Å²) in [5.74, 6) is -0.370. The van der Waals surface area contributed by atoms with Gasteiger partial charge in [0.25, 0.3) is 0 Å². The van der Waals surface area contributed by atoms with E-state index in [1.165, 1.54) is 22.5 Å². The van der Waals surface area contributed by atoms with Crippen LogP contribution in [0.4, 0.5) is 5.13 Å². The van der Waals surface area contributed by atoms with Gasteiger partial charge in [-0.05, 0) is 24.5 Å². The van der Waals surface area contributed by atoms with E-state index in [9.17, 15) is 4.79 Å². The summed E-state index contributed by atoms with van der Waals surface area (Å²) in [4.78, 5) is 15.8. The Bertz CT molecular complexity index is 581. The minimum absolute atomic E-state index is 0.364. The van der Waals surface area contributed by atoms with Crippen molar-refractivity contribution in [3.63, 3.8) is 0 Å². The fourth-order valence-electron chi connectivity index (χ4n) is 1.90. The molecule has 1 aromatic heterocycles. The predicted octanol–water partition coefficient (Wildman–Crippen LogP) is 3.49. The molecule has 2 aromatic rings. The Kier molecular flexibility index (Phi) is 5.12. The summed E-state index contributed by atoms with van der Waals surface area (Å²) in [6.45, 7) is 5.00. The molecular formula is C15H18N2O2S. The van der Waals surface area contributed by atoms with Crippen molar-refractivity contribution in [2.24, 2.45) is 0 Å². The molecule has 0 unspecified atom stereocenters. The Morgan fingerprint density at radius 3 is 2.75 bits per heavy atom. The first-order chi connectivity index (χ1) is 9.74. The largest absolute Gasteiger partial charge is 0.461 e. The first kappa shape index (κ1) is 14.5. The molecule has 4 nitrogen and oxygen atoms in total. The number of ether oxygens (including phenoxy) is 1. The van der Waals surface area contributed by atoms with E-state index >= 15 is 0 Å². The van der Waals surface area contributed by atoms with Gasteiger partial charge in [0.05, 0.1) is 6.61 Å². The number of hydrogen-bond donors (Lipinski definition) is 1. The summed E-state index contributed by atoms with van der Waals surface area (Å²) < 4.78 is 4.92. The molecule has 0 saturated carbocycles. The van der Waals surface area contributed by atoms with E-state index in [0.29, 0.717) is 18.8 Å². The zero-order valence-corrected chi connectivity index (χ0v) is 12.5. The third-order valence-corrected chi connectivity index (χ3v) is 3.72. The van der Waals surface area contributed by atoms with Crippen molar-refractivity contribution in [3.8, 4) is 0 Å². The van der Waals surface area contributed by atoms with Gasteiger partial charge in [-0.15, -0.1) is 11.3 Å². The van der Waals surface area contributed by atoms with Gasteiger partial charge in [-0.2, -0.15) is 0 Å². The quantitative estimate of drug-likeness (QED) is 0.827. The van der Waals surface area contributed by atoms with Crippen LogP contribution in [0.25, 0.3) is 0 Å². The number of nitrogens with zero attached hydrogens (tertiary/aromatic N) is 1. The Balaban J connectivity index is 1.99. The van der Waals surface area contributed by atoms with Gasteiger partial charge >= 0.3 is 5.97 Å². The average molecular weight is 290 g/mol. The topological polar surface area (TPSA) is 51.2 Å². The van der Waals surface area contributed by atoms with Gasteiger partial charge in [0, 0.05) is 11.9 Å². The van der Waals surface area contributed by atoms with Crippen LogP contribution in [-0.4, -0.2) is 17.6 Å². The van der Waals surface area contributed by atoms with E-state index in [4.69, 9.17) is 4.74 Å². The molecule has 0 amide bonds. The van der Waals surface area contributed by atoms with E-state index in [0.717, 1.165) is 11.6 Å². The summed E-state index contributed by atoms with van der Waals surface area (Å²) in [5.41, 5.74) is 2.94. The SMILES string of the molecule is CCOC(=O)c1csc(NCc2ccccc2CC)n1. The van der Waals surface area contributed by atoms with Crippen molar-refractivity contribution < 1.29 is 9.53 Å². The number of esters is 1. The molecule has 0 radical (unpaired) electrons. The molecule has 1 heterocycles. The van der Waals surface area contributed by atoms with Gasteiger partial charge in [-0.25, -0.2) is 9.78 Å². The summed E-state index contributed by atoms with van der Waals surface area (Å²) in [6, 6.07) is 8.31. The van der Waals surface area contributed by atoms with Crippen molar-refractivity contribution in [1.29, 1.82) is 0 Å². The van der Waals surface area contributed by atoms with Gasteiger partial charge < -0.3 is 10.1 Å². The first-order valence-electron chi connectivity index (χ1n) is 6.67. The molecule has 0 saturated heterocycles. The number of aromatic nitrogens is 1. The Morgan fingerprint density at radius 1 is 1.30 bits per heavy atom. The van der Waals surface area contributed by atoms with Crippen LogP contribution in [0.15, 0.2) is 29.6 Å². The molecule has 0 fully saturated rings. The third kappa shape index (κ3) is 3.57. The second kappa shape index (κ2) is 7.05. The van der Waals surface area contributed by atoms with Crippen molar-refractivity contribution in [3.05, 3.63) is 46.5 Å². The molecule has 0 atom stereocenters. The van der Waals surface area contributed by atoms with Crippen LogP contribution in [0.1, 0.15) is 35.5 Å². The zero-order chi connectivity index (χ0) is 14.4. The van der Waals surface area contributed by atoms with E-state index in [1.807, 2.05) is 12.1 Å². The fourth-order valence-corrected chi connectivity index (χ4v) is 2.58. The van der Waals surface area contributed by atoms with Crippen LogP contribution >= 0.6 is 11.3 Å². The molecule has 20 heavy (non-hydrogen) atoms. The van der Waals surface area contributed by atoms with Gasteiger partial charge in [-0.3, -0.25) is 0 Å². The van der Waals surface area contributed by atoms with E-state index in [1.54, 1.807) is 12.3 Å². The van der Waals surface area contributed by atoms with E-state index in [-0.39, 0.29) is 5.97 Å². The average Bonchev–Trinajstić information content (AvgIpc) is 2.94. The highest BCUT2D eigenvalue weighted by atomic mass is 32.1. The maximum Gasteiger partial charge on any atom is 0.357 e. The molecule has 0 aliphatic rings. The maximum absolute atomic E-state index is 11.5. The van der Waals surface area contributed by atoms with E-state index < -0.39 is 0 Å². The van der Waals surface area contributed by atoms with Gasteiger partial charge in [-0.1, -0.05) is 31.2 Å². The molecule has 0 spiro atoms. The summed E-state index contributed by atoms with van der Waals surface area (Å²) >= 11 is 1.41. The van der Waals surface area contributed by atoms with Crippen LogP contribution in [0, 0.1) is 0 Å². The number of carbonyl (C=O) groups is 1. The highest BCUT2D eigenvalue weighted by molar-refractivity contribution is 7.13. The Morgan fingerprint density at radius 2 is 2.05 bits per heavy atom. The lowest BCUT2D eigenvalue weighted by molar-refractivity contribution is 0.0520. The summed E-state index contributed by atoms with van der Waals surface area (Å²) in [5, 5.41) is 5.70. The number of thiazole rings is 1. The third-order valence-electron chi connectivity index (χ3n) is 2.92. The van der Waals surface area contributed by atoms with Crippen LogP contribution in [0.5, 0.6) is 0 Å². The van der Waals surface area contributed by atoms with Gasteiger partial charge in [0.2, 0.25) is 0 Å². The minimum atomic E-state index is -0.370. The first-order valence-corrected chi connectivity index (χ1v) is 7.55. The lowest BCUT2D eigenvalue weighted by atomic mass is 10.1. The number of rotatable bonds is 6. The molecule has 0 aliphatic heterocycles. The van der Waals surface area contributed by atoms with Crippen LogP contribution in [0.3, 0.4) is 0 Å². The number of benzene rings is 1. The lowest BCUT2D eigenvalue weighted by Crippen LogP contribution is -2.06. The standard InChI is InChI=1S/C15H18N2O2S/c1-3-11-7-5-6-8-12(11)9-16-15-17-13(10-20-15)14(18)19-4-2/h5-8,10H,3-4,9H2,1-2H3,(H,16,17). The lowest BCUT2D eigenvalue weighted by Gasteiger charge is -2.07. The number of anilines is 1. The normalized spacial score (nSPS) is 10.3. The van der Waals surface area contributed by atoms with Crippen molar-refractivity contribution in [1.82, 2.24) is 4.98 Å². The fraction of sp³-hybridized carbons (Fsp3) is 0.333.